The van der Waals surface area contributed by atoms with Gasteiger partial charge >= 0.3 is 0 Å². The molecule has 0 amide bonds. The van der Waals surface area contributed by atoms with E-state index in [4.69, 9.17) is 18.9 Å². The van der Waals surface area contributed by atoms with Gasteiger partial charge in [-0.3, -0.25) is 9.29 Å². The van der Waals surface area contributed by atoms with Crippen molar-refractivity contribution in [1.82, 2.24) is 24.7 Å². The van der Waals surface area contributed by atoms with Crippen LogP contribution in [0.3, 0.4) is 0 Å². The number of nitrogens with zero attached hydrogens (tertiary/aromatic N) is 6. The highest BCUT2D eigenvalue weighted by molar-refractivity contribution is 7.93. The van der Waals surface area contributed by atoms with Crippen LogP contribution in [0.4, 0.5) is 5.95 Å². The Morgan fingerprint density at radius 2 is 1.59 bits per heavy atom. The number of rotatable bonds is 11. The van der Waals surface area contributed by atoms with Gasteiger partial charge in [0, 0.05) is 25.1 Å². The molecular weight excluding hydrogens is 550 g/mol. The topological polar surface area (TPSA) is 163 Å². The van der Waals surface area contributed by atoms with Crippen LogP contribution in [0.5, 0.6) is 17.2 Å². The van der Waals surface area contributed by atoms with Crippen molar-refractivity contribution in [2.24, 2.45) is 0 Å². The summed E-state index contributed by atoms with van der Waals surface area (Å²) in [5, 5.41) is 17.0. The molecule has 0 aliphatic carbocycles. The number of aromatic nitrogens is 5. The number of nitriles is 1. The Morgan fingerprint density at radius 1 is 0.951 bits per heavy atom. The third-order valence-corrected chi connectivity index (χ3v) is 8.02. The Balaban J connectivity index is 1.88. The van der Waals surface area contributed by atoms with Crippen molar-refractivity contribution in [3.63, 3.8) is 0 Å². The molecule has 0 fully saturated rings. The van der Waals surface area contributed by atoms with Crippen molar-refractivity contribution in [1.29, 1.82) is 5.26 Å². The summed E-state index contributed by atoms with van der Waals surface area (Å²) in [6.45, 7) is 3.31. The maximum atomic E-state index is 13.7. The molecule has 0 unspecified atom stereocenters. The monoisotopic (exact) mass is 579 g/mol. The number of nitrogens with one attached hydrogen (secondary N) is 1. The fourth-order valence-corrected chi connectivity index (χ4v) is 5.31. The lowest BCUT2D eigenvalue weighted by Gasteiger charge is -2.23. The number of methoxy groups -OCH3 is 4. The average Bonchev–Trinajstić information content (AvgIpc) is 3.39. The van der Waals surface area contributed by atoms with Gasteiger partial charge in [0.15, 0.2) is 11.6 Å². The number of sulfonamides is 1. The minimum absolute atomic E-state index is 0.149. The van der Waals surface area contributed by atoms with Gasteiger partial charge in [-0.25, -0.2) is 18.4 Å². The maximum Gasteiger partial charge on any atom is 0.243 e. The van der Waals surface area contributed by atoms with Crippen molar-refractivity contribution in [2.75, 3.05) is 33.2 Å². The highest BCUT2D eigenvalue weighted by Crippen LogP contribution is 2.38. The lowest BCUT2D eigenvalue weighted by molar-refractivity contribution is 0.0949. The molecule has 0 saturated heterocycles. The van der Waals surface area contributed by atoms with E-state index in [-0.39, 0.29) is 23.2 Å². The predicted molar refractivity (Wildman–Crippen MR) is 150 cm³/mol. The molecule has 4 rings (SSSR count). The van der Waals surface area contributed by atoms with Gasteiger partial charge < -0.3 is 18.9 Å². The molecule has 4 aromatic rings. The molecule has 2 heterocycles. The normalized spacial score (nSPS) is 12.7. The zero-order chi connectivity index (χ0) is 29.7. The van der Waals surface area contributed by atoms with Gasteiger partial charge in [0.2, 0.25) is 16.0 Å². The fourth-order valence-electron chi connectivity index (χ4n) is 4.18. The zero-order valence-corrected chi connectivity index (χ0v) is 24.1. The van der Waals surface area contributed by atoms with E-state index in [1.165, 1.54) is 39.9 Å². The summed E-state index contributed by atoms with van der Waals surface area (Å²) in [4.78, 5) is 8.49. The van der Waals surface area contributed by atoms with Crippen LogP contribution < -0.4 is 18.9 Å². The largest absolute Gasteiger partial charge is 0.495 e. The third kappa shape index (κ3) is 5.76. The standard InChI is InChI=1S/C27H29N7O6S/c1-16-14-29-25(30-15-16)24(40-6)17(2)41(35,36)33-27-32-31-26(18-10-11-20(37-3)19(12-18)13-28)34(27)23-21(38-4)8-7-9-22(23)39-5/h7-12,14-15,17,24H,1-6H3,(H,32,33)/t17-,24-/m0/s1. The van der Waals surface area contributed by atoms with E-state index >= 15 is 0 Å². The molecule has 41 heavy (non-hydrogen) atoms. The number of aryl methyl sites for hydroxylation is 1. The van der Waals surface area contributed by atoms with E-state index < -0.39 is 21.4 Å². The first-order valence-corrected chi connectivity index (χ1v) is 13.8. The molecule has 214 valence electrons. The number of anilines is 1. The lowest BCUT2D eigenvalue weighted by atomic mass is 10.1. The van der Waals surface area contributed by atoms with Crippen LogP contribution in [0.25, 0.3) is 17.1 Å². The Hall–Kier alpha value is -4.74. The minimum Gasteiger partial charge on any atom is -0.495 e. The van der Waals surface area contributed by atoms with E-state index in [9.17, 15) is 13.7 Å². The van der Waals surface area contributed by atoms with Crippen LogP contribution in [0, 0.1) is 18.3 Å². The smallest absolute Gasteiger partial charge is 0.243 e. The van der Waals surface area contributed by atoms with Crippen LogP contribution in [-0.2, 0) is 14.8 Å². The van der Waals surface area contributed by atoms with E-state index in [0.29, 0.717) is 28.5 Å². The molecule has 0 aliphatic rings. The van der Waals surface area contributed by atoms with Gasteiger partial charge in [-0.15, -0.1) is 10.2 Å². The second kappa shape index (κ2) is 12.2. The van der Waals surface area contributed by atoms with Gasteiger partial charge in [-0.2, -0.15) is 5.26 Å². The minimum atomic E-state index is -4.18. The first kappa shape index (κ1) is 29.2. The number of benzene rings is 2. The summed E-state index contributed by atoms with van der Waals surface area (Å²) in [6, 6.07) is 12.1. The highest BCUT2D eigenvalue weighted by Gasteiger charge is 2.35. The number of hydrogen-bond donors (Lipinski definition) is 1. The number of para-hydroxylation sites is 1. The SMILES string of the molecule is COc1ccc(-c2nnc(NS(=O)(=O)[C@@H](C)[C@H](OC)c3ncc(C)cn3)n2-c2c(OC)cccc2OC)cc1C#N. The van der Waals surface area contributed by atoms with Gasteiger partial charge in [0.25, 0.3) is 0 Å². The van der Waals surface area contributed by atoms with Crippen LogP contribution in [-0.4, -0.2) is 66.8 Å². The molecule has 0 bridgehead atoms. The summed E-state index contributed by atoms with van der Waals surface area (Å²) >= 11 is 0. The van der Waals surface area contributed by atoms with Crippen LogP contribution >= 0.6 is 0 Å². The predicted octanol–water partition coefficient (Wildman–Crippen LogP) is 3.45. The van der Waals surface area contributed by atoms with Crippen molar-refractivity contribution in [3.05, 3.63) is 65.7 Å². The van der Waals surface area contributed by atoms with Crippen LogP contribution in [0.15, 0.2) is 48.8 Å². The second-order valence-electron chi connectivity index (χ2n) is 8.85. The molecule has 0 aliphatic heterocycles. The molecule has 2 aromatic heterocycles. The fraction of sp³-hybridized carbons (Fsp3) is 0.296. The molecule has 13 nitrogen and oxygen atoms in total. The Labute approximate surface area is 237 Å². The quantitative estimate of drug-likeness (QED) is 0.277. The molecule has 2 aromatic carbocycles. The first-order chi connectivity index (χ1) is 19.7. The van der Waals surface area contributed by atoms with E-state index in [2.05, 4.69) is 31.0 Å². The summed E-state index contributed by atoms with van der Waals surface area (Å²) in [5.74, 6) is 1.36. The Kier molecular flexibility index (Phi) is 8.70. The van der Waals surface area contributed by atoms with E-state index in [1.54, 1.807) is 48.8 Å². The highest BCUT2D eigenvalue weighted by atomic mass is 32.2. The second-order valence-corrected chi connectivity index (χ2v) is 10.9. The van der Waals surface area contributed by atoms with Gasteiger partial charge in [0.1, 0.15) is 40.4 Å². The molecule has 0 radical (unpaired) electrons. The summed E-state index contributed by atoms with van der Waals surface area (Å²) < 4.78 is 53.4. The van der Waals surface area contributed by atoms with Gasteiger partial charge in [-0.05, 0) is 49.7 Å². The lowest BCUT2D eigenvalue weighted by Crippen LogP contribution is -2.33. The van der Waals surface area contributed by atoms with Gasteiger partial charge in [0.05, 0.1) is 26.9 Å². The van der Waals surface area contributed by atoms with Crippen molar-refractivity contribution < 1.29 is 27.4 Å². The summed E-state index contributed by atoms with van der Waals surface area (Å²) in [5.41, 5.74) is 1.87. The molecule has 1 N–H and O–H groups in total. The molecule has 2 atom stereocenters. The Bertz CT molecular complexity index is 1660. The third-order valence-electron chi connectivity index (χ3n) is 6.33. The van der Waals surface area contributed by atoms with Crippen molar-refractivity contribution in [2.45, 2.75) is 25.2 Å². The van der Waals surface area contributed by atoms with Crippen LogP contribution in [0.2, 0.25) is 0 Å². The summed E-state index contributed by atoms with van der Waals surface area (Å²) in [7, 11) is 1.61. The van der Waals surface area contributed by atoms with E-state index in [1.807, 2.05) is 6.92 Å². The zero-order valence-electron chi connectivity index (χ0n) is 23.3. The van der Waals surface area contributed by atoms with E-state index in [0.717, 1.165) is 5.56 Å². The van der Waals surface area contributed by atoms with Crippen molar-refractivity contribution in [3.8, 4) is 40.4 Å². The van der Waals surface area contributed by atoms with Crippen molar-refractivity contribution >= 4 is 16.0 Å². The molecular formula is C27H29N7O6S. The molecule has 0 spiro atoms. The maximum absolute atomic E-state index is 13.7. The molecule has 14 heteroatoms. The number of ether oxygens (including phenoxy) is 4. The summed E-state index contributed by atoms with van der Waals surface area (Å²) in [6.07, 6.45) is 2.19. The Morgan fingerprint density at radius 3 is 2.15 bits per heavy atom. The number of hydrogen-bond acceptors (Lipinski definition) is 11. The average molecular weight is 580 g/mol. The van der Waals surface area contributed by atoms with Gasteiger partial charge in [-0.1, -0.05) is 6.07 Å². The van der Waals surface area contributed by atoms with Crippen LogP contribution in [0.1, 0.15) is 30.0 Å². The first-order valence-electron chi connectivity index (χ1n) is 12.3. The molecule has 0 saturated carbocycles.